The normalized spacial score (nSPS) is 12.2. The number of imidazole rings is 1. The molecule has 0 spiro atoms. The second kappa shape index (κ2) is 7.60. The minimum absolute atomic E-state index is 0.113. The Kier molecular flexibility index (Phi) is 5.26. The summed E-state index contributed by atoms with van der Waals surface area (Å²) in [6, 6.07) is 13.3. The first-order chi connectivity index (χ1) is 12.5. The van der Waals surface area contributed by atoms with Crippen molar-refractivity contribution in [2.75, 3.05) is 6.61 Å². The summed E-state index contributed by atoms with van der Waals surface area (Å²) in [6.45, 7) is 9.35. The summed E-state index contributed by atoms with van der Waals surface area (Å²) in [5, 5.41) is 3.06. The highest BCUT2D eigenvalue weighted by atomic mass is 16.5. The highest BCUT2D eigenvalue weighted by molar-refractivity contribution is 5.94. The van der Waals surface area contributed by atoms with Crippen LogP contribution in [0, 0.1) is 6.92 Å². The summed E-state index contributed by atoms with van der Waals surface area (Å²) >= 11 is 0. The third kappa shape index (κ3) is 3.43. The van der Waals surface area contributed by atoms with Gasteiger partial charge in [-0.1, -0.05) is 12.1 Å². The van der Waals surface area contributed by atoms with Crippen LogP contribution in [0.1, 0.15) is 48.6 Å². The van der Waals surface area contributed by atoms with E-state index in [0.29, 0.717) is 12.2 Å². The van der Waals surface area contributed by atoms with E-state index in [9.17, 15) is 4.79 Å². The van der Waals surface area contributed by atoms with Gasteiger partial charge in [0.1, 0.15) is 11.6 Å². The van der Waals surface area contributed by atoms with Crippen molar-refractivity contribution in [3.63, 3.8) is 0 Å². The van der Waals surface area contributed by atoms with Crippen LogP contribution in [0.4, 0.5) is 0 Å². The van der Waals surface area contributed by atoms with Gasteiger partial charge in [-0.15, -0.1) is 0 Å². The average molecular weight is 351 g/mol. The number of aryl methyl sites for hydroxylation is 2. The highest BCUT2D eigenvalue weighted by Crippen LogP contribution is 2.22. The van der Waals surface area contributed by atoms with Crippen LogP contribution in [-0.2, 0) is 6.54 Å². The molecular formula is C21H25N3O2. The van der Waals surface area contributed by atoms with Crippen LogP contribution in [0.15, 0.2) is 42.5 Å². The van der Waals surface area contributed by atoms with Crippen molar-refractivity contribution >= 4 is 16.9 Å². The monoisotopic (exact) mass is 351 g/mol. The van der Waals surface area contributed by atoms with E-state index >= 15 is 0 Å². The summed E-state index contributed by atoms with van der Waals surface area (Å²) < 4.78 is 7.68. The fraction of sp³-hybridized carbons (Fsp3) is 0.333. The maximum Gasteiger partial charge on any atom is 0.251 e. The van der Waals surface area contributed by atoms with Crippen LogP contribution in [-0.4, -0.2) is 22.1 Å². The van der Waals surface area contributed by atoms with Gasteiger partial charge in [0.15, 0.2) is 0 Å². The van der Waals surface area contributed by atoms with E-state index < -0.39 is 0 Å². The van der Waals surface area contributed by atoms with E-state index in [2.05, 4.69) is 22.9 Å². The van der Waals surface area contributed by atoms with Gasteiger partial charge in [0.25, 0.3) is 5.91 Å². The van der Waals surface area contributed by atoms with Crippen molar-refractivity contribution in [2.45, 2.75) is 40.3 Å². The Hall–Kier alpha value is -2.82. The molecule has 1 aromatic heterocycles. The molecule has 5 heteroatoms. The number of carbonyl (C=O) groups is 1. The van der Waals surface area contributed by atoms with Gasteiger partial charge in [-0.25, -0.2) is 4.98 Å². The number of benzene rings is 2. The summed E-state index contributed by atoms with van der Waals surface area (Å²) in [5.74, 6) is 1.56. The van der Waals surface area contributed by atoms with Crippen LogP contribution < -0.4 is 10.1 Å². The van der Waals surface area contributed by atoms with E-state index in [0.717, 1.165) is 34.7 Å². The first-order valence-corrected chi connectivity index (χ1v) is 9.04. The molecule has 26 heavy (non-hydrogen) atoms. The van der Waals surface area contributed by atoms with Crippen LogP contribution in [0.5, 0.6) is 5.75 Å². The molecule has 0 saturated heterocycles. The Morgan fingerprint density at radius 3 is 2.69 bits per heavy atom. The Bertz CT molecular complexity index is 930. The van der Waals surface area contributed by atoms with E-state index in [1.165, 1.54) is 0 Å². The molecule has 0 aliphatic rings. The average Bonchev–Trinajstić information content (AvgIpc) is 3.02. The molecule has 2 aromatic carbocycles. The van der Waals surface area contributed by atoms with Crippen LogP contribution in [0.3, 0.4) is 0 Å². The lowest BCUT2D eigenvalue weighted by atomic mass is 10.1. The lowest BCUT2D eigenvalue weighted by molar-refractivity contribution is 0.0937. The number of aromatic nitrogens is 2. The lowest BCUT2D eigenvalue weighted by Gasteiger charge is -2.16. The molecule has 5 nitrogen and oxygen atoms in total. The van der Waals surface area contributed by atoms with Crippen molar-refractivity contribution < 1.29 is 9.53 Å². The molecule has 0 bridgehead atoms. The summed E-state index contributed by atoms with van der Waals surface area (Å²) in [6.07, 6.45) is 0. The summed E-state index contributed by atoms with van der Waals surface area (Å²) in [7, 11) is 0. The van der Waals surface area contributed by atoms with E-state index in [-0.39, 0.29) is 11.9 Å². The van der Waals surface area contributed by atoms with Gasteiger partial charge < -0.3 is 14.6 Å². The number of rotatable bonds is 6. The van der Waals surface area contributed by atoms with E-state index in [1.807, 2.05) is 51.1 Å². The zero-order valence-corrected chi connectivity index (χ0v) is 15.7. The largest absolute Gasteiger partial charge is 0.494 e. The van der Waals surface area contributed by atoms with Crippen LogP contribution in [0.2, 0.25) is 0 Å². The third-order valence-electron chi connectivity index (χ3n) is 4.47. The Balaban J connectivity index is 1.82. The number of ether oxygens (including phenoxy) is 1. The van der Waals surface area contributed by atoms with Gasteiger partial charge >= 0.3 is 0 Å². The molecule has 0 aliphatic heterocycles. The second-order valence-electron chi connectivity index (χ2n) is 6.31. The predicted octanol–water partition coefficient (Wildman–Crippen LogP) is 4.25. The summed E-state index contributed by atoms with van der Waals surface area (Å²) in [5.41, 5.74) is 3.61. The van der Waals surface area contributed by atoms with Crippen molar-refractivity contribution in [1.82, 2.24) is 14.9 Å². The summed E-state index contributed by atoms with van der Waals surface area (Å²) in [4.78, 5) is 17.4. The van der Waals surface area contributed by atoms with E-state index in [4.69, 9.17) is 9.72 Å². The molecule has 0 fully saturated rings. The number of amides is 1. The molecule has 3 rings (SSSR count). The topological polar surface area (TPSA) is 56.1 Å². The maximum absolute atomic E-state index is 12.7. The van der Waals surface area contributed by atoms with Crippen LogP contribution >= 0.6 is 0 Å². The standard InChI is InChI=1S/C21H25N3O2/c1-5-24-18-10-8-7-9-17(18)23-20(24)15(4)22-21(25)16-11-12-19(26-6-2)14(3)13-16/h7-13,15H,5-6H2,1-4H3,(H,22,25). The fourth-order valence-corrected chi connectivity index (χ4v) is 3.21. The number of para-hydroxylation sites is 2. The number of nitrogens with one attached hydrogen (secondary N) is 1. The first-order valence-electron chi connectivity index (χ1n) is 9.04. The molecule has 1 heterocycles. The zero-order valence-electron chi connectivity index (χ0n) is 15.7. The molecule has 1 atom stereocenters. The predicted molar refractivity (Wildman–Crippen MR) is 104 cm³/mol. The smallest absolute Gasteiger partial charge is 0.251 e. The number of fused-ring (bicyclic) bond motifs is 1. The number of hydrogen-bond donors (Lipinski definition) is 1. The van der Waals surface area contributed by atoms with Crippen molar-refractivity contribution in [1.29, 1.82) is 0 Å². The number of nitrogens with zero attached hydrogens (tertiary/aromatic N) is 2. The minimum Gasteiger partial charge on any atom is -0.494 e. The molecule has 1 N–H and O–H groups in total. The molecule has 0 radical (unpaired) electrons. The molecule has 1 amide bonds. The van der Waals surface area contributed by atoms with Gasteiger partial charge in [0.05, 0.1) is 23.7 Å². The first kappa shape index (κ1) is 18.0. The highest BCUT2D eigenvalue weighted by Gasteiger charge is 2.18. The zero-order chi connectivity index (χ0) is 18.7. The van der Waals surface area contributed by atoms with Crippen molar-refractivity contribution in [2.24, 2.45) is 0 Å². The SMILES string of the molecule is CCOc1ccc(C(=O)NC(C)c2nc3ccccc3n2CC)cc1C. The Morgan fingerprint density at radius 1 is 1.23 bits per heavy atom. The molecule has 136 valence electrons. The van der Waals surface area contributed by atoms with Crippen molar-refractivity contribution in [3.05, 3.63) is 59.4 Å². The number of hydrogen-bond acceptors (Lipinski definition) is 3. The molecule has 0 aliphatic carbocycles. The molecule has 3 aromatic rings. The number of carbonyl (C=O) groups excluding carboxylic acids is 1. The van der Waals surface area contributed by atoms with Gasteiger partial charge in [0, 0.05) is 12.1 Å². The van der Waals surface area contributed by atoms with Crippen molar-refractivity contribution in [3.8, 4) is 5.75 Å². The quantitative estimate of drug-likeness (QED) is 0.722. The minimum atomic E-state index is -0.193. The maximum atomic E-state index is 12.7. The van der Waals surface area contributed by atoms with Gasteiger partial charge in [-0.2, -0.15) is 0 Å². The Labute approximate surface area is 154 Å². The van der Waals surface area contributed by atoms with Crippen LogP contribution in [0.25, 0.3) is 11.0 Å². The second-order valence-corrected chi connectivity index (χ2v) is 6.31. The van der Waals surface area contributed by atoms with Gasteiger partial charge in [-0.05, 0) is 63.6 Å². The lowest BCUT2D eigenvalue weighted by Crippen LogP contribution is -2.28. The molecule has 0 saturated carbocycles. The fourth-order valence-electron chi connectivity index (χ4n) is 3.21. The van der Waals surface area contributed by atoms with E-state index in [1.54, 1.807) is 6.07 Å². The van der Waals surface area contributed by atoms with Gasteiger partial charge in [-0.3, -0.25) is 4.79 Å². The molecule has 1 unspecified atom stereocenters. The van der Waals surface area contributed by atoms with Gasteiger partial charge in [0.2, 0.25) is 0 Å². The Morgan fingerprint density at radius 2 is 2.00 bits per heavy atom. The molecular weight excluding hydrogens is 326 g/mol. The third-order valence-corrected chi connectivity index (χ3v) is 4.47.